The van der Waals surface area contributed by atoms with E-state index >= 15 is 0 Å². The van der Waals surface area contributed by atoms with Gasteiger partial charge in [0.25, 0.3) is 0 Å². The Morgan fingerprint density at radius 1 is 1.36 bits per heavy atom. The fraction of sp³-hybridized carbons (Fsp3) is 0.300. The van der Waals surface area contributed by atoms with E-state index in [-0.39, 0.29) is 17.0 Å². The van der Waals surface area contributed by atoms with Crippen molar-refractivity contribution in [2.75, 3.05) is 0 Å². The van der Waals surface area contributed by atoms with Gasteiger partial charge in [0, 0.05) is 6.54 Å². The van der Waals surface area contributed by atoms with Crippen LogP contribution in [0.4, 0.5) is 0 Å². The van der Waals surface area contributed by atoms with Gasteiger partial charge in [0.05, 0.1) is 0 Å². The van der Waals surface area contributed by atoms with Gasteiger partial charge in [-0.1, -0.05) is 24.3 Å². The highest BCUT2D eigenvalue weighted by Crippen LogP contribution is 2.15. The van der Waals surface area contributed by atoms with Gasteiger partial charge in [0.15, 0.2) is 0 Å². The standard InChI is InChI=1S/C10H11NO2.BrH/c12-10(13)9-5-7-3-1-2-4-8(7)6-11-9;/h1-4,9,11H,5-6H2,(H,12,13);1H/t9-;/m1./s1. The van der Waals surface area contributed by atoms with Crippen LogP contribution in [0.3, 0.4) is 0 Å². The lowest BCUT2D eigenvalue weighted by Gasteiger charge is -2.22. The summed E-state index contributed by atoms with van der Waals surface area (Å²) in [4.78, 5) is 10.7. The number of carboxylic acid groups (broad SMARTS) is 1. The molecule has 0 aromatic heterocycles. The zero-order valence-electron chi connectivity index (χ0n) is 7.56. The maximum Gasteiger partial charge on any atom is 0.321 e. The van der Waals surface area contributed by atoms with Crippen LogP contribution in [0.5, 0.6) is 0 Å². The molecule has 2 N–H and O–H groups in total. The minimum absolute atomic E-state index is 0. The molecule has 1 aromatic carbocycles. The first kappa shape index (κ1) is 11.2. The van der Waals surface area contributed by atoms with Crippen molar-refractivity contribution in [1.29, 1.82) is 0 Å². The summed E-state index contributed by atoms with van der Waals surface area (Å²) >= 11 is 0. The minimum atomic E-state index is -0.769. The Morgan fingerprint density at radius 2 is 2.00 bits per heavy atom. The first-order chi connectivity index (χ1) is 6.27. The molecule has 0 saturated carbocycles. The van der Waals surface area contributed by atoms with Crippen molar-refractivity contribution < 1.29 is 9.90 Å². The van der Waals surface area contributed by atoms with Crippen LogP contribution in [0.15, 0.2) is 24.3 Å². The number of hydrogen-bond acceptors (Lipinski definition) is 2. The Labute approximate surface area is 92.9 Å². The van der Waals surface area contributed by atoms with Gasteiger partial charge in [-0.15, -0.1) is 17.0 Å². The molecule has 2 rings (SSSR count). The van der Waals surface area contributed by atoms with E-state index in [0.29, 0.717) is 13.0 Å². The second-order valence-corrected chi connectivity index (χ2v) is 3.24. The number of carboxylic acids is 1. The van der Waals surface area contributed by atoms with Gasteiger partial charge in [-0.3, -0.25) is 4.79 Å². The summed E-state index contributed by atoms with van der Waals surface area (Å²) in [6, 6.07) is 7.52. The average Bonchev–Trinajstić information content (AvgIpc) is 2.17. The molecule has 1 aromatic rings. The van der Waals surface area contributed by atoms with Crippen LogP contribution < -0.4 is 5.32 Å². The molecule has 0 aliphatic carbocycles. The van der Waals surface area contributed by atoms with Crippen molar-refractivity contribution in [3.05, 3.63) is 35.4 Å². The number of hydrogen-bond donors (Lipinski definition) is 2. The van der Waals surface area contributed by atoms with Crippen LogP contribution in [-0.4, -0.2) is 17.1 Å². The third kappa shape index (κ3) is 2.13. The van der Waals surface area contributed by atoms with Gasteiger partial charge < -0.3 is 10.4 Å². The number of carbonyl (C=O) groups is 1. The smallest absolute Gasteiger partial charge is 0.321 e. The molecule has 4 heteroatoms. The topological polar surface area (TPSA) is 49.3 Å². The number of fused-ring (bicyclic) bond motifs is 1. The number of nitrogens with one attached hydrogen (secondary N) is 1. The summed E-state index contributed by atoms with van der Waals surface area (Å²) in [7, 11) is 0. The van der Waals surface area contributed by atoms with E-state index in [1.807, 2.05) is 24.3 Å². The number of aliphatic carboxylic acids is 1. The highest BCUT2D eigenvalue weighted by Gasteiger charge is 2.22. The van der Waals surface area contributed by atoms with Crippen LogP contribution in [0, 0.1) is 0 Å². The quantitative estimate of drug-likeness (QED) is 0.799. The Morgan fingerprint density at radius 3 is 2.64 bits per heavy atom. The summed E-state index contributed by atoms with van der Waals surface area (Å²) in [6.07, 6.45) is 0.589. The van der Waals surface area contributed by atoms with Crippen LogP contribution in [0.1, 0.15) is 11.1 Å². The molecule has 0 bridgehead atoms. The van der Waals surface area contributed by atoms with E-state index in [9.17, 15) is 4.79 Å². The maximum atomic E-state index is 10.7. The van der Waals surface area contributed by atoms with Gasteiger partial charge in [0.2, 0.25) is 0 Å². The third-order valence-corrected chi connectivity index (χ3v) is 2.38. The fourth-order valence-electron chi connectivity index (χ4n) is 1.63. The molecule has 1 aliphatic rings. The minimum Gasteiger partial charge on any atom is -0.480 e. The Balaban J connectivity index is 0.000000980. The molecule has 0 unspecified atom stereocenters. The molecule has 1 heterocycles. The van der Waals surface area contributed by atoms with E-state index < -0.39 is 12.0 Å². The lowest BCUT2D eigenvalue weighted by molar-refractivity contribution is -0.139. The lowest BCUT2D eigenvalue weighted by atomic mass is 9.96. The molecule has 0 saturated heterocycles. The van der Waals surface area contributed by atoms with Gasteiger partial charge >= 0.3 is 5.97 Å². The molecule has 0 amide bonds. The van der Waals surface area contributed by atoms with Crippen LogP contribution in [0.25, 0.3) is 0 Å². The predicted molar refractivity (Wildman–Crippen MR) is 58.7 cm³/mol. The van der Waals surface area contributed by atoms with Crippen molar-refractivity contribution in [3.63, 3.8) is 0 Å². The first-order valence-corrected chi connectivity index (χ1v) is 4.30. The van der Waals surface area contributed by atoms with Crippen LogP contribution in [-0.2, 0) is 17.8 Å². The third-order valence-electron chi connectivity index (χ3n) is 2.38. The molecular formula is C10H12BrNO2. The van der Waals surface area contributed by atoms with Crippen molar-refractivity contribution in [2.24, 2.45) is 0 Å². The molecule has 0 spiro atoms. The molecule has 14 heavy (non-hydrogen) atoms. The number of halogens is 1. The lowest BCUT2D eigenvalue weighted by Crippen LogP contribution is -2.41. The highest BCUT2D eigenvalue weighted by atomic mass is 79.9. The van der Waals surface area contributed by atoms with Crippen LogP contribution in [0.2, 0.25) is 0 Å². The summed E-state index contributed by atoms with van der Waals surface area (Å²) < 4.78 is 0. The molecular weight excluding hydrogens is 246 g/mol. The van der Waals surface area contributed by atoms with Gasteiger partial charge in [-0.2, -0.15) is 0 Å². The Hall–Kier alpha value is -0.870. The van der Waals surface area contributed by atoms with Crippen LogP contribution >= 0.6 is 17.0 Å². The van der Waals surface area contributed by atoms with Gasteiger partial charge in [0.1, 0.15) is 6.04 Å². The van der Waals surface area contributed by atoms with Gasteiger partial charge in [-0.25, -0.2) is 0 Å². The van der Waals surface area contributed by atoms with E-state index in [0.717, 1.165) is 5.56 Å². The van der Waals surface area contributed by atoms with E-state index in [1.165, 1.54) is 5.56 Å². The molecule has 1 aliphatic heterocycles. The zero-order chi connectivity index (χ0) is 9.26. The van der Waals surface area contributed by atoms with E-state index in [1.54, 1.807) is 0 Å². The molecule has 0 fully saturated rings. The summed E-state index contributed by atoms with van der Waals surface area (Å²) in [6.45, 7) is 0.660. The molecule has 0 radical (unpaired) electrons. The number of rotatable bonds is 1. The van der Waals surface area contributed by atoms with Gasteiger partial charge in [-0.05, 0) is 17.5 Å². The highest BCUT2D eigenvalue weighted by molar-refractivity contribution is 8.93. The predicted octanol–water partition coefficient (Wildman–Crippen LogP) is 1.36. The van der Waals surface area contributed by atoms with Crippen molar-refractivity contribution in [3.8, 4) is 0 Å². The molecule has 76 valence electrons. The fourth-order valence-corrected chi connectivity index (χ4v) is 1.63. The van der Waals surface area contributed by atoms with Crippen molar-refractivity contribution in [2.45, 2.75) is 19.0 Å². The zero-order valence-corrected chi connectivity index (χ0v) is 9.28. The van der Waals surface area contributed by atoms with Crippen molar-refractivity contribution in [1.82, 2.24) is 5.32 Å². The largest absolute Gasteiger partial charge is 0.480 e. The summed E-state index contributed by atoms with van der Waals surface area (Å²) in [5.74, 6) is -0.769. The SMILES string of the molecule is Br.O=C(O)[C@H]1Cc2ccccc2CN1. The summed E-state index contributed by atoms with van der Waals surface area (Å²) in [5.41, 5.74) is 2.36. The molecule has 3 nitrogen and oxygen atoms in total. The Bertz CT molecular complexity index is 341. The second-order valence-electron chi connectivity index (χ2n) is 3.24. The van der Waals surface area contributed by atoms with E-state index in [2.05, 4.69) is 5.32 Å². The number of benzene rings is 1. The van der Waals surface area contributed by atoms with Crippen molar-refractivity contribution >= 4 is 23.0 Å². The van der Waals surface area contributed by atoms with E-state index in [4.69, 9.17) is 5.11 Å². The monoisotopic (exact) mass is 257 g/mol. The summed E-state index contributed by atoms with van der Waals surface area (Å²) in [5, 5.41) is 11.8. The normalized spacial score (nSPS) is 19.3. The average molecular weight is 258 g/mol. The first-order valence-electron chi connectivity index (χ1n) is 4.30. The Kier molecular flexibility index (Phi) is 3.66. The maximum absolute atomic E-state index is 10.7. The molecule has 1 atom stereocenters. The second kappa shape index (κ2) is 4.57.